The number of nitrogen functional groups attached to an aromatic ring is 1. The molecule has 8 heteroatoms. The van der Waals surface area contributed by atoms with Crippen LogP contribution in [0.5, 0.6) is 0 Å². The van der Waals surface area contributed by atoms with E-state index in [4.69, 9.17) is 27.2 Å². The summed E-state index contributed by atoms with van der Waals surface area (Å²) in [4.78, 5) is 15.3. The monoisotopic (exact) mass is 347 g/mol. The van der Waals surface area contributed by atoms with E-state index in [1.165, 1.54) is 6.20 Å². The van der Waals surface area contributed by atoms with Crippen LogP contribution in [-0.4, -0.2) is 44.4 Å². The van der Waals surface area contributed by atoms with Gasteiger partial charge >= 0.3 is 0 Å². The number of aliphatic hydroxyl groups is 1. The van der Waals surface area contributed by atoms with Crippen LogP contribution in [-0.2, 0) is 4.74 Å². The number of rotatable bonds is 1. The summed E-state index contributed by atoms with van der Waals surface area (Å²) in [5.41, 5.74) is 8.76. The van der Waals surface area contributed by atoms with Gasteiger partial charge in [0.05, 0.1) is 40.7 Å². The number of nitrogens with two attached hydrogens (primary N) is 1. The Morgan fingerprint density at radius 1 is 1.33 bits per heavy atom. The van der Waals surface area contributed by atoms with Gasteiger partial charge < -0.3 is 20.6 Å². The van der Waals surface area contributed by atoms with Gasteiger partial charge in [-0.1, -0.05) is 11.6 Å². The van der Waals surface area contributed by atoms with Gasteiger partial charge in [-0.15, -0.1) is 0 Å². The van der Waals surface area contributed by atoms with Gasteiger partial charge in [0.1, 0.15) is 0 Å². The van der Waals surface area contributed by atoms with Gasteiger partial charge in [0.25, 0.3) is 0 Å². The molecule has 3 aromatic rings. The van der Waals surface area contributed by atoms with Gasteiger partial charge in [-0.25, -0.2) is 9.97 Å². The van der Waals surface area contributed by atoms with Crippen molar-refractivity contribution in [3.8, 4) is 11.3 Å². The summed E-state index contributed by atoms with van der Waals surface area (Å²) in [7, 11) is 0. The first kappa shape index (κ1) is 16.6. The second kappa shape index (κ2) is 7.57. The van der Waals surface area contributed by atoms with Crippen molar-refractivity contribution in [2.45, 2.75) is 18.9 Å². The molecule has 1 fully saturated rings. The lowest BCUT2D eigenvalue weighted by Gasteiger charge is -2.15. The zero-order valence-electron chi connectivity index (χ0n) is 12.9. The van der Waals surface area contributed by atoms with Crippen molar-refractivity contribution in [1.82, 2.24) is 19.9 Å². The molecule has 7 nitrogen and oxygen atoms in total. The fourth-order valence-electron chi connectivity index (χ4n) is 2.37. The molecule has 1 unspecified atom stereocenters. The molecule has 4 rings (SSSR count). The summed E-state index contributed by atoms with van der Waals surface area (Å²) in [6.07, 6.45) is 6.77. The van der Waals surface area contributed by atoms with E-state index in [-0.39, 0.29) is 12.1 Å². The number of anilines is 1. The largest absolute Gasteiger partial charge is 0.391 e. The molecule has 0 aliphatic carbocycles. The Balaban J connectivity index is 0.000000203. The van der Waals surface area contributed by atoms with Gasteiger partial charge in [-0.3, -0.25) is 4.98 Å². The fourth-order valence-corrected chi connectivity index (χ4v) is 2.57. The number of aliphatic hydroxyl groups excluding tert-OH is 1. The van der Waals surface area contributed by atoms with Crippen LogP contribution in [0.2, 0.25) is 5.02 Å². The average molecular weight is 348 g/mol. The maximum atomic E-state index is 8.78. The lowest BCUT2D eigenvalue weighted by molar-refractivity contribution is -0.00535. The second-order valence-corrected chi connectivity index (χ2v) is 5.84. The highest BCUT2D eigenvalue weighted by atomic mass is 35.5. The Kier molecular flexibility index (Phi) is 5.24. The number of H-pyrrole nitrogens is 1. The zero-order chi connectivity index (χ0) is 16.9. The number of hydrogen-bond donors (Lipinski definition) is 3. The highest BCUT2D eigenvalue weighted by Crippen LogP contribution is 2.26. The normalized spacial score (nSPS) is 17.3. The first-order valence-electron chi connectivity index (χ1n) is 7.61. The van der Waals surface area contributed by atoms with Gasteiger partial charge in [-0.05, 0) is 25.0 Å². The Bertz CT molecular complexity index is 817. The van der Waals surface area contributed by atoms with E-state index in [0.29, 0.717) is 17.3 Å². The predicted octanol–water partition coefficient (Wildman–Crippen LogP) is 2.41. The quantitative estimate of drug-likeness (QED) is 0.623. The summed E-state index contributed by atoms with van der Waals surface area (Å²) in [5.74, 6) is 0.191. The number of nitrogens with zero attached hydrogens (tertiary/aromatic N) is 3. The molecule has 0 radical (unpaired) electrons. The van der Waals surface area contributed by atoms with Crippen molar-refractivity contribution in [3.05, 3.63) is 35.7 Å². The second-order valence-electron chi connectivity index (χ2n) is 5.43. The number of aromatic nitrogens is 4. The number of ether oxygens (including phenoxy) is 1. The molecule has 0 bridgehead atoms. The van der Waals surface area contributed by atoms with Crippen molar-refractivity contribution in [2.24, 2.45) is 0 Å². The van der Waals surface area contributed by atoms with Crippen LogP contribution in [0, 0.1) is 0 Å². The molecule has 0 saturated carbocycles. The van der Waals surface area contributed by atoms with Gasteiger partial charge in [0.2, 0.25) is 5.95 Å². The molecular formula is C16H18ClN5O2. The molecule has 1 saturated heterocycles. The molecule has 126 valence electrons. The number of halogens is 1. The van der Waals surface area contributed by atoms with Crippen LogP contribution in [0.3, 0.4) is 0 Å². The van der Waals surface area contributed by atoms with Gasteiger partial charge in [-0.2, -0.15) is 0 Å². The lowest BCUT2D eigenvalue weighted by atomic mass is 10.2. The number of pyridine rings is 1. The minimum Gasteiger partial charge on any atom is -0.391 e. The van der Waals surface area contributed by atoms with Gasteiger partial charge in [0.15, 0.2) is 0 Å². The maximum absolute atomic E-state index is 8.78. The minimum absolute atomic E-state index is 0.186. The third kappa shape index (κ3) is 4.00. The third-order valence-corrected chi connectivity index (χ3v) is 3.85. The third-order valence-electron chi connectivity index (χ3n) is 3.57. The lowest BCUT2D eigenvalue weighted by Crippen LogP contribution is -2.21. The molecule has 1 aliphatic rings. The number of hydrogen-bond acceptors (Lipinski definition) is 6. The van der Waals surface area contributed by atoms with E-state index >= 15 is 0 Å². The maximum Gasteiger partial charge on any atom is 0.220 e. The topological polar surface area (TPSA) is 110 Å². The molecule has 4 heterocycles. The van der Waals surface area contributed by atoms with E-state index < -0.39 is 0 Å². The first-order chi connectivity index (χ1) is 11.6. The summed E-state index contributed by atoms with van der Waals surface area (Å²) in [6, 6.07) is 3.82. The molecule has 4 N–H and O–H groups in total. The molecule has 1 aliphatic heterocycles. The Hall–Kier alpha value is -2.22. The van der Waals surface area contributed by atoms with Crippen molar-refractivity contribution in [2.75, 3.05) is 18.9 Å². The Morgan fingerprint density at radius 3 is 2.92 bits per heavy atom. The SMILES string of the molecule is Nc1ncc(Cl)c(-c2cnc3cc[nH]c3c2)n1.OC1CCCOC1. The summed E-state index contributed by atoms with van der Waals surface area (Å²) in [5, 5.41) is 9.24. The predicted molar refractivity (Wildman–Crippen MR) is 92.6 cm³/mol. The van der Waals surface area contributed by atoms with Crippen molar-refractivity contribution in [3.63, 3.8) is 0 Å². The molecular weight excluding hydrogens is 330 g/mol. The standard InChI is InChI=1S/C11H8ClN5.C5H10O2/c12-7-5-16-11(13)17-10(7)6-3-9-8(15-4-6)1-2-14-9;6-5-2-1-3-7-4-5/h1-5,14H,(H2,13,16,17);5-6H,1-4H2. The average Bonchev–Trinajstić information content (AvgIpc) is 3.06. The number of nitrogens with one attached hydrogen (secondary N) is 1. The summed E-state index contributed by atoms with van der Waals surface area (Å²) >= 11 is 6.04. The summed E-state index contributed by atoms with van der Waals surface area (Å²) in [6.45, 7) is 1.37. The molecule has 24 heavy (non-hydrogen) atoms. The molecule has 0 amide bonds. The van der Waals surface area contributed by atoms with Crippen LogP contribution in [0.4, 0.5) is 5.95 Å². The fraction of sp³-hybridized carbons (Fsp3) is 0.312. The Labute approximate surface area is 143 Å². The smallest absolute Gasteiger partial charge is 0.220 e. The van der Waals surface area contributed by atoms with E-state index in [1.54, 1.807) is 6.20 Å². The minimum atomic E-state index is -0.186. The van der Waals surface area contributed by atoms with E-state index in [0.717, 1.165) is 36.0 Å². The Morgan fingerprint density at radius 2 is 2.21 bits per heavy atom. The van der Waals surface area contributed by atoms with Crippen LogP contribution < -0.4 is 5.73 Å². The van der Waals surface area contributed by atoms with E-state index in [9.17, 15) is 0 Å². The van der Waals surface area contributed by atoms with Crippen LogP contribution in [0.1, 0.15) is 12.8 Å². The van der Waals surface area contributed by atoms with E-state index in [1.807, 2.05) is 18.3 Å². The van der Waals surface area contributed by atoms with Gasteiger partial charge in [0, 0.05) is 24.6 Å². The summed E-state index contributed by atoms with van der Waals surface area (Å²) < 4.78 is 4.93. The van der Waals surface area contributed by atoms with Crippen LogP contribution >= 0.6 is 11.6 Å². The van der Waals surface area contributed by atoms with Crippen molar-refractivity contribution in [1.29, 1.82) is 0 Å². The molecule has 0 aromatic carbocycles. The first-order valence-corrected chi connectivity index (χ1v) is 7.98. The number of aromatic amines is 1. The highest BCUT2D eigenvalue weighted by Gasteiger charge is 2.09. The molecule has 0 spiro atoms. The van der Waals surface area contributed by atoms with E-state index in [2.05, 4.69) is 19.9 Å². The molecule has 1 atom stereocenters. The highest BCUT2D eigenvalue weighted by molar-refractivity contribution is 6.32. The molecule has 3 aromatic heterocycles. The van der Waals surface area contributed by atoms with Crippen molar-refractivity contribution < 1.29 is 9.84 Å². The zero-order valence-corrected chi connectivity index (χ0v) is 13.7. The van der Waals surface area contributed by atoms with Crippen LogP contribution in [0.15, 0.2) is 30.7 Å². The van der Waals surface area contributed by atoms with Crippen molar-refractivity contribution >= 4 is 28.6 Å². The number of fused-ring (bicyclic) bond motifs is 1. The van der Waals surface area contributed by atoms with Crippen LogP contribution in [0.25, 0.3) is 22.3 Å².